The number of carbonyl (C=O) groups excluding carboxylic acids is 6. The molecule has 0 spiro atoms. The molecule has 0 aromatic heterocycles. The molecule has 0 unspecified atom stereocenters. The lowest BCUT2D eigenvalue weighted by Crippen LogP contribution is -2.52. The molecule has 5 N–H and O–H groups in total. The summed E-state index contributed by atoms with van der Waals surface area (Å²) in [5.41, 5.74) is 0.582. The van der Waals surface area contributed by atoms with Crippen LogP contribution in [0.2, 0.25) is 0 Å². The molecule has 0 aliphatic carbocycles. The number of nitrogens with one attached hydrogen (secondary N) is 5. The molecule has 0 aliphatic rings. The second kappa shape index (κ2) is 15.1. The van der Waals surface area contributed by atoms with Crippen molar-refractivity contribution in [2.45, 2.75) is 19.4 Å². The molecule has 1 aromatic carbocycles. The summed E-state index contributed by atoms with van der Waals surface area (Å²) in [4.78, 5) is 69.9. The molecule has 0 saturated carbocycles. The second-order valence-corrected chi connectivity index (χ2v) is 7.01. The zero-order valence-corrected chi connectivity index (χ0v) is 18.6. The molecule has 178 valence electrons. The van der Waals surface area contributed by atoms with Crippen LogP contribution in [0, 0.1) is 0 Å². The average Bonchev–Trinajstić information content (AvgIpc) is 2.77. The van der Waals surface area contributed by atoms with Gasteiger partial charge in [-0.15, -0.1) is 0 Å². The Kier molecular flexibility index (Phi) is 12.5. The first-order chi connectivity index (χ1) is 15.7. The van der Waals surface area contributed by atoms with E-state index in [1.165, 1.54) is 14.8 Å². The van der Waals surface area contributed by atoms with Gasteiger partial charge >= 0.3 is 0 Å². The van der Waals surface area contributed by atoms with E-state index in [-0.39, 0.29) is 44.4 Å². The third-order valence-electron chi connectivity index (χ3n) is 3.98. The Bertz CT molecular complexity index is 850. The quantitative estimate of drug-likeness (QED) is 0.108. The van der Waals surface area contributed by atoms with Crippen molar-refractivity contribution in [3.05, 3.63) is 35.9 Å². The van der Waals surface area contributed by atoms with Gasteiger partial charge in [0.25, 0.3) is 0 Å². The van der Waals surface area contributed by atoms with E-state index in [4.69, 9.17) is 4.74 Å². The molecule has 0 aliphatic heterocycles. The maximum atomic E-state index is 12.6. The van der Waals surface area contributed by atoms with Crippen LogP contribution in [0.4, 0.5) is 0 Å². The van der Waals surface area contributed by atoms with E-state index >= 15 is 0 Å². The molecule has 0 heterocycles. The smallest absolute Gasteiger partial charge is 0.243 e. The number of benzene rings is 1. The Morgan fingerprint density at radius 2 is 1.45 bits per heavy atom. The number of ether oxygens (including phenoxy) is 1. The van der Waals surface area contributed by atoms with E-state index in [2.05, 4.69) is 26.6 Å². The van der Waals surface area contributed by atoms with Gasteiger partial charge < -0.3 is 36.1 Å². The van der Waals surface area contributed by atoms with E-state index in [0.717, 1.165) is 5.56 Å². The van der Waals surface area contributed by atoms with E-state index in [1.54, 1.807) is 30.3 Å². The van der Waals surface area contributed by atoms with Gasteiger partial charge in [0, 0.05) is 13.3 Å². The first-order valence-corrected chi connectivity index (χ1v) is 10.1. The molecule has 0 saturated heterocycles. The minimum absolute atomic E-state index is 0.140. The maximum Gasteiger partial charge on any atom is 0.243 e. The fourth-order valence-corrected chi connectivity index (χ4v) is 2.43. The first-order valence-electron chi connectivity index (χ1n) is 10.1. The van der Waals surface area contributed by atoms with Crippen molar-refractivity contribution in [1.82, 2.24) is 26.6 Å². The van der Waals surface area contributed by atoms with E-state index in [9.17, 15) is 28.8 Å². The maximum absolute atomic E-state index is 12.6. The van der Waals surface area contributed by atoms with Crippen LogP contribution in [-0.4, -0.2) is 82.1 Å². The van der Waals surface area contributed by atoms with Gasteiger partial charge in [0.2, 0.25) is 29.5 Å². The monoisotopic (exact) mass is 461 g/mol. The van der Waals surface area contributed by atoms with Crippen molar-refractivity contribution < 1.29 is 33.5 Å². The summed E-state index contributed by atoms with van der Waals surface area (Å²) in [5.74, 6) is -2.71. The lowest BCUT2D eigenvalue weighted by Gasteiger charge is -2.19. The summed E-state index contributed by atoms with van der Waals surface area (Å²) >= 11 is 0. The number of rotatable bonds is 14. The van der Waals surface area contributed by atoms with Crippen LogP contribution in [0.3, 0.4) is 0 Å². The number of amides is 5. The van der Waals surface area contributed by atoms with Gasteiger partial charge in [-0.25, -0.2) is 0 Å². The summed E-state index contributed by atoms with van der Waals surface area (Å²) in [5, 5.41) is 12.0. The number of hydrogen-bond acceptors (Lipinski definition) is 7. The summed E-state index contributed by atoms with van der Waals surface area (Å²) < 4.78 is 4.92. The van der Waals surface area contributed by atoms with Crippen LogP contribution in [0.15, 0.2) is 30.3 Å². The molecular formula is C20H28BN5O7. The number of hydrogen-bond donors (Lipinski definition) is 5. The van der Waals surface area contributed by atoms with Crippen LogP contribution < -0.4 is 26.6 Å². The molecule has 33 heavy (non-hydrogen) atoms. The van der Waals surface area contributed by atoms with E-state index in [1.807, 2.05) is 0 Å². The van der Waals surface area contributed by atoms with Crippen molar-refractivity contribution in [2.24, 2.45) is 0 Å². The predicted octanol–water partition coefficient (Wildman–Crippen LogP) is -3.67. The fraction of sp³-hybridized carbons (Fsp3) is 0.400. The predicted molar refractivity (Wildman–Crippen MR) is 119 cm³/mol. The van der Waals surface area contributed by atoms with Crippen molar-refractivity contribution in [3.63, 3.8) is 0 Å². The summed E-state index contributed by atoms with van der Waals surface area (Å²) in [6.07, 6.45) is 0.154. The lowest BCUT2D eigenvalue weighted by atomic mass is 10.1. The molecule has 0 bridgehead atoms. The molecule has 13 heteroatoms. The Morgan fingerprint density at radius 1 is 0.848 bits per heavy atom. The Morgan fingerprint density at radius 3 is 2.09 bits per heavy atom. The topological polar surface area (TPSA) is 172 Å². The van der Waals surface area contributed by atoms with Gasteiger partial charge in [-0.05, 0) is 5.56 Å². The minimum atomic E-state index is -1.01. The van der Waals surface area contributed by atoms with E-state index < -0.39 is 36.2 Å². The van der Waals surface area contributed by atoms with Crippen LogP contribution in [0.25, 0.3) is 0 Å². The molecule has 5 amide bonds. The molecule has 0 radical (unpaired) electrons. The van der Waals surface area contributed by atoms with Gasteiger partial charge in [-0.1, -0.05) is 30.3 Å². The van der Waals surface area contributed by atoms with Crippen molar-refractivity contribution in [2.75, 3.05) is 33.0 Å². The largest absolute Gasteiger partial charge is 0.354 e. The second-order valence-electron chi connectivity index (χ2n) is 7.01. The van der Waals surface area contributed by atoms with Gasteiger partial charge in [0.1, 0.15) is 18.5 Å². The highest BCUT2D eigenvalue weighted by Gasteiger charge is 2.22. The lowest BCUT2D eigenvalue weighted by molar-refractivity contribution is -0.131. The van der Waals surface area contributed by atoms with Crippen molar-refractivity contribution >= 4 is 43.1 Å². The normalized spacial score (nSPS) is 10.9. The van der Waals surface area contributed by atoms with Crippen LogP contribution in [0.1, 0.15) is 12.5 Å². The first kappa shape index (κ1) is 27.3. The van der Waals surface area contributed by atoms with E-state index in [0.29, 0.717) is 0 Å². The van der Waals surface area contributed by atoms with Gasteiger partial charge in [-0.2, -0.15) is 0 Å². The fourth-order valence-electron chi connectivity index (χ4n) is 2.43. The van der Waals surface area contributed by atoms with Gasteiger partial charge in [0.15, 0.2) is 7.85 Å². The summed E-state index contributed by atoms with van der Waals surface area (Å²) in [6, 6.07) is 7.92. The summed E-state index contributed by atoms with van der Waals surface area (Å²) in [6.45, 7) is -0.106. The Hall–Kier alpha value is -3.74. The van der Waals surface area contributed by atoms with Crippen LogP contribution >= 0.6 is 0 Å². The highest BCUT2D eigenvalue weighted by Crippen LogP contribution is 2.03. The highest BCUT2D eigenvalue weighted by atomic mass is 16.5. The molecule has 1 rings (SSSR count). The van der Waals surface area contributed by atoms with Crippen molar-refractivity contribution in [1.29, 1.82) is 0 Å². The Labute approximate surface area is 192 Å². The zero-order valence-electron chi connectivity index (χ0n) is 18.6. The number of carbonyl (C=O) groups is 6. The minimum Gasteiger partial charge on any atom is -0.354 e. The third kappa shape index (κ3) is 13.3. The molecule has 1 atom stereocenters. The standard InChI is InChI=1S/C20H28BN5O7/c1-13(27)22-8-17(29)23-10-19(31)26-15(7-14-5-3-2-4-6-14)20(32)24-9-18(30)25-12-33-11-16(21)28/h2-6,15H,7-12,21H2,1H3,(H,22,27)(H,23,29)(H,24,32)(H,25,30)(H,26,31)/t15-/m0/s1. The summed E-state index contributed by atoms with van der Waals surface area (Å²) in [7, 11) is 1.34. The van der Waals surface area contributed by atoms with Gasteiger partial charge in [-0.3, -0.25) is 24.0 Å². The molecule has 12 nitrogen and oxygen atoms in total. The van der Waals surface area contributed by atoms with Crippen LogP contribution in [-0.2, 0) is 39.9 Å². The molecule has 0 fully saturated rings. The van der Waals surface area contributed by atoms with Gasteiger partial charge in [0.05, 0.1) is 26.2 Å². The molecular weight excluding hydrogens is 433 g/mol. The zero-order chi connectivity index (χ0) is 24.6. The third-order valence-corrected chi connectivity index (χ3v) is 3.98. The van der Waals surface area contributed by atoms with Crippen molar-refractivity contribution in [3.8, 4) is 0 Å². The highest BCUT2D eigenvalue weighted by molar-refractivity contribution is 6.58. The van der Waals surface area contributed by atoms with Crippen LogP contribution in [0.5, 0.6) is 0 Å². The SMILES string of the molecule is BC(=O)COCNC(=O)CNC(=O)[C@H](Cc1ccccc1)NC(=O)CNC(=O)CNC(C)=O. The average molecular weight is 461 g/mol. The Balaban J connectivity index is 2.58. The molecule has 1 aromatic rings.